The largest absolute Gasteiger partial charge is 0.477 e. The van der Waals surface area contributed by atoms with Gasteiger partial charge in [-0.1, -0.05) is 41.5 Å². The summed E-state index contributed by atoms with van der Waals surface area (Å²) in [6.07, 6.45) is 2.55. The number of hydrogen-bond acceptors (Lipinski definition) is 6. The summed E-state index contributed by atoms with van der Waals surface area (Å²) in [6, 6.07) is -0.220. The number of rotatable bonds is 7. The van der Waals surface area contributed by atoms with Gasteiger partial charge in [0.15, 0.2) is 5.13 Å². The lowest BCUT2D eigenvalue weighted by Crippen LogP contribution is -2.55. The van der Waals surface area contributed by atoms with Gasteiger partial charge in [-0.2, -0.15) is 0 Å². The molecule has 0 saturated carbocycles. The van der Waals surface area contributed by atoms with Gasteiger partial charge < -0.3 is 25.0 Å². The molecule has 0 bridgehead atoms. The molecule has 0 aliphatic carbocycles. The molecule has 0 radical (unpaired) electrons. The summed E-state index contributed by atoms with van der Waals surface area (Å²) in [5.41, 5.74) is 0.866. The van der Waals surface area contributed by atoms with Crippen LogP contribution in [0.5, 0.6) is 0 Å². The summed E-state index contributed by atoms with van der Waals surface area (Å²) < 4.78 is 5.98. The minimum atomic E-state index is -0.994. The molecule has 3 rings (SSSR count). The zero-order chi connectivity index (χ0) is 21.1. The number of aryl methyl sites for hydroxylation is 1. The molecule has 8 nitrogen and oxygen atoms in total. The highest BCUT2D eigenvalue weighted by Gasteiger charge is 2.33. The summed E-state index contributed by atoms with van der Waals surface area (Å²) in [5.74, 6) is -1.33. The van der Waals surface area contributed by atoms with Crippen molar-refractivity contribution >= 4 is 51.5 Å². The number of carboxylic acid groups (broad SMARTS) is 1. The van der Waals surface area contributed by atoms with E-state index in [0.29, 0.717) is 42.0 Å². The van der Waals surface area contributed by atoms with Gasteiger partial charge in [-0.3, -0.25) is 4.79 Å². The lowest BCUT2D eigenvalue weighted by molar-refractivity contribution is 0.0205. The topological polar surface area (TPSA) is 108 Å². The fourth-order valence-electron chi connectivity index (χ4n) is 3.17. The SMILES string of the molecule is CCCO[C@@H]1CN(c2ncc(C(=O)O)s2)CC[C@@H]1NC(=O)c1[nH]c(C)c(Cl)c1Cl. The molecule has 2 atom stereocenters. The molecule has 29 heavy (non-hydrogen) atoms. The molecule has 3 N–H and O–H groups in total. The van der Waals surface area contributed by atoms with Crippen molar-refractivity contribution in [1.82, 2.24) is 15.3 Å². The van der Waals surface area contributed by atoms with Crippen molar-refractivity contribution in [2.75, 3.05) is 24.6 Å². The van der Waals surface area contributed by atoms with Gasteiger partial charge in [0, 0.05) is 25.4 Å². The van der Waals surface area contributed by atoms with Crippen LogP contribution in [0.15, 0.2) is 6.20 Å². The lowest BCUT2D eigenvalue weighted by atomic mass is 10.0. The Bertz CT molecular complexity index is 901. The van der Waals surface area contributed by atoms with Crippen LogP contribution in [-0.4, -0.2) is 58.8 Å². The molecular formula is C18H22Cl2N4O4S. The summed E-state index contributed by atoms with van der Waals surface area (Å²) in [7, 11) is 0. The van der Waals surface area contributed by atoms with Crippen molar-refractivity contribution in [1.29, 1.82) is 0 Å². The number of carbonyl (C=O) groups is 2. The van der Waals surface area contributed by atoms with Crippen LogP contribution >= 0.6 is 34.5 Å². The van der Waals surface area contributed by atoms with Crippen LogP contribution in [0.3, 0.4) is 0 Å². The third-order valence-electron chi connectivity index (χ3n) is 4.67. The van der Waals surface area contributed by atoms with Crippen LogP contribution in [-0.2, 0) is 4.74 Å². The average Bonchev–Trinajstić information content (AvgIpc) is 3.29. The standard InChI is InChI=1S/C18H22Cl2N4O4S/c1-3-6-28-11-8-24(18-21-7-12(29-18)17(26)27)5-4-10(11)23-16(25)15-14(20)13(19)9(2)22-15/h7,10-11,22H,3-6,8H2,1-2H3,(H,23,25)(H,26,27)/t10-,11+/m0/s1. The zero-order valence-electron chi connectivity index (χ0n) is 16.0. The van der Waals surface area contributed by atoms with E-state index in [1.807, 2.05) is 11.8 Å². The van der Waals surface area contributed by atoms with E-state index in [0.717, 1.165) is 17.8 Å². The Kier molecular flexibility index (Phi) is 7.05. The van der Waals surface area contributed by atoms with Crippen LogP contribution < -0.4 is 10.2 Å². The van der Waals surface area contributed by atoms with E-state index in [4.69, 9.17) is 33.0 Å². The molecule has 0 aromatic carbocycles. The number of aromatic amines is 1. The molecule has 2 aromatic heterocycles. The number of thiazole rings is 1. The number of ether oxygens (including phenoxy) is 1. The summed E-state index contributed by atoms with van der Waals surface area (Å²) in [4.78, 5) is 33.2. The first kappa shape index (κ1) is 21.9. The highest BCUT2D eigenvalue weighted by Crippen LogP contribution is 2.30. The molecule has 1 saturated heterocycles. The molecule has 158 valence electrons. The molecular weight excluding hydrogens is 439 g/mol. The fourth-order valence-corrected chi connectivity index (χ4v) is 4.38. The monoisotopic (exact) mass is 460 g/mol. The Morgan fingerprint density at radius 3 is 2.79 bits per heavy atom. The number of nitrogens with zero attached hydrogens (tertiary/aromatic N) is 2. The maximum Gasteiger partial charge on any atom is 0.347 e. The third-order valence-corrected chi connectivity index (χ3v) is 6.66. The number of H-pyrrole nitrogens is 1. The first-order valence-corrected chi connectivity index (χ1v) is 10.8. The van der Waals surface area contributed by atoms with Gasteiger partial charge in [0.25, 0.3) is 5.91 Å². The van der Waals surface area contributed by atoms with Crippen LogP contribution in [0.25, 0.3) is 0 Å². The number of anilines is 1. The van der Waals surface area contributed by atoms with Gasteiger partial charge in [0.05, 0.1) is 28.4 Å². The number of aromatic nitrogens is 2. The number of hydrogen-bond donors (Lipinski definition) is 3. The first-order valence-electron chi connectivity index (χ1n) is 9.21. The van der Waals surface area contributed by atoms with Crippen LogP contribution in [0, 0.1) is 6.92 Å². The molecule has 0 unspecified atom stereocenters. The number of nitrogens with one attached hydrogen (secondary N) is 2. The second-order valence-corrected chi connectivity index (χ2v) is 8.55. The van der Waals surface area contributed by atoms with Crippen molar-refractivity contribution in [3.05, 3.63) is 32.5 Å². The Hall–Kier alpha value is -1.81. The molecule has 1 fully saturated rings. The molecule has 1 aliphatic rings. The number of carbonyl (C=O) groups excluding carboxylic acids is 1. The molecule has 1 amide bonds. The van der Waals surface area contributed by atoms with E-state index in [2.05, 4.69) is 15.3 Å². The van der Waals surface area contributed by atoms with Crippen molar-refractivity contribution in [3.63, 3.8) is 0 Å². The predicted molar refractivity (Wildman–Crippen MR) is 113 cm³/mol. The zero-order valence-corrected chi connectivity index (χ0v) is 18.3. The van der Waals surface area contributed by atoms with E-state index < -0.39 is 5.97 Å². The smallest absolute Gasteiger partial charge is 0.347 e. The van der Waals surface area contributed by atoms with Crippen LogP contribution in [0.2, 0.25) is 10.0 Å². The predicted octanol–water partition coefficient (Wildman–Crippen LogP) is 3.59. The van der Waals surface area contributed by atoms with E-state index in [1.54, 1.807) is 6.92 Å². The number of amides is 1. The Balaban J connectivity index is 1.72. The average molecular weight is 461 g/mol. The van der Waals surface area contributed by atoms with Crippen molar-refractivity contribution in [2.24, 2.45) is 0 Å². The van der Waals surface area contributed by atoms with Gasteiger partial charge >= 0.3 is 5.97 Å². The molecule has 1 aliphatic heterocycles. The summed E-state index contributed by atoms with van der Waals surface area (Å²) >= 11 is 13.4. The van der Waals surface area contributed by atoms with Crippen LogP contribution in [0.1, 0.15) is 45.6 Å². The Morgan fingerprint density at radius 1 is 1.45 bits per heavy atom. The van der Waals surface area contributed by atoms with Gasteiger partial charge in [-0.15, -0.1) is 0 Å². The summed E-state index contributed by atoms with van der Waals surface area (Å²) in [5, 5.41) is 13.3. The van der Waals surface area contributed by atoms with Gasteiger partial charge in [-0.05, 0) is 19.8 Å². The fraction of sp³-hybridized carbons (Fsp3) is 0.500. The lowest BCUT2D eigenvalue weighted by Gasteiger charge is -2.38. The first-order chi connectivity index (χ1) is 13.8. The number of halogens is 2. The third kappa shape index (κ3) is 4.85. The normalized spacial score (nSPS) is 19.4. The maximum absolute atomic E-state index is 12.7. The Labute approximate surface area is 182 Å². The number of carboxylic acids is 1. The van der Waals surface area contributed by atoms with Crippen LogP contribution in [0.4, 0.5) is 5.13 Å². The molecule has 2 aromatic rings. The highest BCUT2D eigenvalue weighted by molar-refractivity contribution is 7.17. The molecule has 0 spiro atoms. The molecule has 3 heterocycles. The van der Waals surface area contributed by atoms with Crippen molar-refractivity contribution in [3.8, 4) is 0 Å². The number of aromatic carboxylic acids is 1. The maximum atomic E-state index is 12.7. The van der Waals surface area contributed by atoms with E-state index in [1.165, 1.54) is 6.20 Å². The minimum Gasteiger partial charge on any atom is -0.477 e. The molecule has 11 heteroatoms. The summed E-state index contributed by atoms with van der Waals surface area (Å²) in [6.45, 7) is 5.42. The van der Waals surface area contributed by atoms with E-state index in [-0.39, 0.29) is 33.6 Å². The van der Waals surface area contributed by atoms with E-state index >= 15 is 0 Å². The van der Waals surface area contributed by atoms with E-state index in [9.17, 15) is 9.59 Å². The van der Waals surface area contributed by atoms with Gasteiger partial charge in [0.1, 0.15) is 10.6 Å². The van der Waals surface area contributed by atoms with Gasteiger partial charge in [0.2, 0.25) is 0 Å². The second kappa shape index (κ2) is 9.34. The van der Waals surface area contributed by atoms with Gasteiger partial charge in [-0.25, -0.2) is 9.78 Å². The van der Waals surface area contributed by atoms with Crippen molar-refractivity contribution < 1.29 is 19.4 Å². The second-order valence-electron chi connectivity index (χ2n) is 6.79. The highest BCUT2D eigenvalue weighted by atomic mass is 35.5. The Morgan fingerprint density at radius 2 is 2.21 bits per heavy atom. The quantitative estimate of drug-likeness (QED) is 0.582. The number of piperidine rings is 1. The van der Waals surface area contributed by atoms with Crippen molar-refractivity contribution in [2.45, 2.75) is 38.8 Å². The minimum absolute atomic E-state index is 0.190.